The summed E-state index contributed by atoms with van der Waals surface area (Å²) < 4.78 is 0. The standard InChI is InChI=1S/C16H17ClN2O3/c17-11-1-2-14-13(7-11)15(20)8-12(18-14)9-19-5-3-10(4-6-19)16(21)22/h1-2,7-8,10H,3-6,9H2,(H,18,20)(H,21,22). The van der Waals surface area contributed by atoms with E-state index in [2.05, 4.69) is 9.88 Å². The fourth-order valence-corrected chi connectivity index (χ4v) is 3.11. The van der Waals surface area contributed by atoms with Gasteiger partial charge in [-0.2, -0.15) is 0 Å². The summed E-state index contributed by atoms with van der Waals surface area (Å²) in [6.45, 7) is 2.09. The third-order valence-corrected chi connectivity index (χ3v) is 4.41. The molecule has 0 radical (unpaired) electrons. The average Bonchev–Trinajstić information content (AvgIpc) is 2.49. The fraction of sp³-hybridized carbons (Fsp3) is 0.375. The Balaban J connectivity index is 1.76. The first-order chi connectivity index (χ1) is 10.5. The minimum absolute atomic E-state index is 0.0494. The Morgan fingerprint density at radius 2 is 2.05 bits per heavy atom. The Labute approximate surface area is 132 Å². The van der Waals surface area contributed by atoms with Gasteiger partial charge in [-0.15, -0.1) is 0 Å². The molecule has 0 bridgehead atoms. The maximum atomic E-state index is 12.2. The van der Waals surface area contributed by atoms with E-state index in [4.69, 9.17) is 16.7 Å². The molecule has 3 rings (SSSR count). The Morgan fingerprint density at radius 1 is 1.32 bits per heavy atom. The number of aliphatic carboxylic acids is 1. The zero-order valence-corrected chi connectivity index (χ0v) is 12.8. The van der Waals surface area contributed by atoms with Crippen molar-refractivity contribution in [3.05, 3.63) is 45.2 Å². The smallest absolute Gasteiger partial charge is 0.306 e. The number of pyridine rings is 1. The highest BCUT2D eigenvalue weighted by Gasteiger charge is 2.24. The van der Waals surface area contributed by atoms with Crippen molar-refractivity contribution in [1.29, 1.82) is 0 Å². The molecule has 1 saturated heterocycles. The summed E-state index contributed by atoms with van der Waals surface area (Å²) in [6.07, 6.45) is 1.31. The molecule has 1 aromatic carbocycles. The molecule has 0 saturated carbocycles. The van der Waals surface area contributed by atoms with Gasteiger partial charge in [0.05, 0.1) is 5.92 Å². The van der Waals surface area contributed by atoms with E-state index in [9.17, 15) is 9.59 Å². The molecular formula is C16H17ClN2O3. The van der Waals surface area contributed by atoms with Crippen LogP contribution in [0, 0.1) is 5.92 Å². The number of rotatable bonds is 3. The molecule has 2 aromatic rings. The number of hydrogen-bond acceptors (Lipinski definition) is 3. The van der Waals surface area contributed by atoms with Crippen molar-refractivity contribution in [1.82, 2.24) is 9.88 Å². The molecule has 0 spiro atoms. The Bertz CT molecular complexity index is 764. The summed E-state index contributed by atoms with van der Waals surface area (Å²) in [7, 11) is 0. The summed E-state index contributed by atoms with van der Waals surface area (Å²) in [5, 5.41) is 10.1. The number of benzene rings is 1. The number of piperidine rings is 1. The third-order valence-electron chi connectivity index (χ3n) is 4.18. The molecule has 22 heavy (non-hydrogen) atoms. The van der Waals surface area contributed by atoms with Gasteiger partial charge in [0.1, 0.15) is 0 Å². The van der Waals surface area contributed by atoms with E-state index in [-0.39, 0.29) is 11.3 Å². The first-order valence-electron chi connectivity index (χ1n) is 7.29. The topological polar surface area (TPSA) is 73.4 Å². The first-order valence-corrected chi connectivity index (χ1v) is 7.67. The highest BCUT2D eigenvalue weighted by molar-refractivity contribution is 6.31. The second kappa shape index (κ2) is 6.10. The van der Waals surface area contributed by atoms with Crippen molar-refractivity contribution in [3.8, 4) is 0 Å². The quantitative estimate of drug-likeness (QED) is 0.911. The summed E-state index contributed by atoms with van der Waals surface area (Å²) in [4.78, 5) is 28.6. The molecule has 1 aliphatic heterocycles. The predicted octanol–water partition coefficient (Wildman–Crippen LogP) is 2.48. The molecule has 2 heterocycles. The highest BCUT2D eigenvalue weighted by atomic mass is 35.5. The number of carboxylic acid groups (broad SMARTS) is 1. The molecule has 0 atom stereocenters. The van der Waals surface area contributed by atoms with Crippen LogP contribution in [-0.2, 0) is 11.3 Å². The number of nitrogens with one attached hydrogen (secondary N) is 1. The van der Waals surface area contributed by atoms with E-state index >= 15 is 0 Å². The number of aromatic amines is 1. The molecule has 1 aliphatic rings. The van der Waals surface area contributed by atoms with Gasteiger partial charge in [-0.05, 0) is 44.1 Å². The van der Waals surface area contributed by atoms with E-state index in [1.165, 1.54) is 0 Å². The molecule has 5 nitrogen and oxygen atoms in total. The number of carboxylic acids is 1. The van der Waals surface area contributed by atoms with Crippen LogP contribution in [0.15, 0.2) is 29.1 Å². The van der Waals surface area contributed by atoms with E-state index in [1.807, 2.05) is 0 Å². The van der Waals surface area contributed by atoms with Crippen LogP contribution in [0.5, 0.6) is 0 Å². The van der Waals surface area contributed by atoms with Gasteiger partial charge in [0.15, 0.2) is 5.43 Å². The van der Waals surface area contributed by atoms with Crippen molar-refractivity contribution < 1.29 is 9.90 Å². The lowest BCUT2D eigenvalue weighted by atomic mass is 9.97. The van der Waals surface area contributed by atoms with Crippen molar-refractivity contribution in [2.45, 2.75) is 19.4 Å². The molecule has 1 aromatic heterocycles. The van der Waals surface area contributed by atoms with Crippen LogP contribution in [0.2, 0.25) is 5.02 Å². The lowest BCUT2D eigenvalue weighted by molar-refractivity contribution is -0.143. The SMILES string of the molecule is O=C(O)C1CCN(Cc2cc(=O)c3cc(Cl)ccc3[nH]2)CC1. The van der Waals surface area contributed by atoms with Gasteiger partial charge in [0, 0.05) is 34.2 Å². The second-order valence-electron chi connectivity index (χ2n) is 5.74. The minimum atomic E-state index is -0.712. The monoisotopic (exact) mass is 320 g/mol. The van der Waals surface area contributed by atoms with Gasteiger partial charge in [-0.25, -0.2) is 0 Å². The molecule has 2 N–H and O–H groups in total. The number of fused-ring (bicyclic) bond motifs is 1. The maximum absolute atomic E-state index is 12.2. The Kier molecular flexibility index (Phi) is 4.18. The number of nitrogens with zero attached hydrogens (tertiary/aromatic N) is 1. The normalized spacial score (nSPS) is 17.0. The maximum Gasteiger partial charge on any atom is 0.306 e. The largest absolute Gasteiger partial charge is 0.481 e. The second-order valence-corrected chi connectivity index (χ2v) is 6.17. The number of carbonyl (C=O) groups is 1. The van der Waals surface area contributed by atoms with Gasteiger partial charge in [-0.3, -0.25) is 14.5 Å². The Hall–Kier alpha value is -1.85. The summed E-state index contributed by atoms with van der Waals surface area (Å²) in [5.74, 6) is -0.954. The molecule has 1 fully saturated rings. The van der Waals surface area contributed by atoms with E-state index in [1.54, 1.807) is 24.3 Å². The number of aromatic nitrogens is 1. The van der Waals surface area contributed by atoms with Crippen molar-refractivity contribution in [2.75, 3.05) is 13.1 Å². The zero-order valence-electron chi connectivity index (χ0n) is 12.0. The fourth-order valence-electron chi connectivity index (χ4n) is 2.94. The summed E-state index contributed by atoms with van der Waals surface area (Å²) >= 11 is 5.92. The van der Waals surface area contributed by atoms with Gasteiger partial charge in [-0.1, -0.05) is 11.6 Å². The highest BCUT2D eigenvalue weighted by Crippen LogP contribution is 2.20. The number of hydrogen-bond donors (Lipinski definition) is 2. The summed E-state index contributed by atoms with van der Waals surface area (Å²) in [6, 6.07) is 6.82. The third kappa shape index (κ3) is 3.15. The van der Waals surface area contributed by atoms with Crippen LogP contribution < -0.4 is 5.43 Å². The van der Waals surface area contributed by atoms with Crippen LogP contribution in [0.3, 0.4) is 0 Å². The van der Waals surface area contributed by atoms with Crippen LogP contribution in [0.25, 0.3) is 10.9 Å². The number of halogens is 1. The molecular weight excluding hydrogens is 304 g/mol. The number of likely N-dealkylation sites (tertiary alicyclic amines) is 1. The van der Waals surface area contributed by atoms with Crippen LogP contribution in [0.1, 0.15) is 18.5 Å². The van der Waals surface area contributed by atoms with E-state index in [0.29, 0.717) is 29.8 Å². The summed E-state index contributed by atoms with van der Waals surface area (Å²) in [5.41, 5.74) is 1.56. The van der Waals surface area contributed by atoms with Gasteiger partial charge < -0.3 is 10.1 Å². The predicted molar refractivity (Wildman–Crippen MR) is 85.2 cm³/mol. The minimum Gasteiger partial charge on any atom is -0.481 e. The molecule has 0 amide bonds. The van der Waals surface area contributed by atoms with Gasteiger partial charge >= 0.3 is 5.97 Å². The molecule has 6 heteroatoms. The Morgan fingerprint density at radius 3 is 2.73 bits per heavy atom. The zero-order chi connectivity index (χ0) is 15.7. The van der Waals surface area contributed by atoms with Gasteiger partial charge in [0.25, 0.3) is 0 Å². The van der Waals surface area contributed by atoms with Gasteiger partial charge in [0.2, 0.25) is 0 Å². The molecule has 0 unspecified atom stereocenters. The number of H-pyrrole nitrogens is 1. The molecule has 116 valence electrons. The van der Waals surface area contributed by atoms with Crippen LogP contribution in [-0.4, -0.2) is 34.0 Å². The van der Waals surface area contributed by atoms with Crippen molar-refractivity contribution in [3.63, 3.8) is 0 Å². The first kappa shape index (κ1) is 15.1. The van der Waals surface area contributed by atoms with Crippen LogP contribution in [0.4, 0.5) is 0 Å². The average molecular weight is 321 g/mol. The molecule has 0 aliphatic carbocycles. The van der Waals surface area contributed by atoms with E-state index < -0.39 is 5.97 Å². The lowest BCUT2D eigenvalue weighted by Gasteiger charge is -2.29. The van der Waals surface area contributed by atoms with Crippen molar-refractivity contribution in [2.24, 2.45) is 5.92 Å². The van der Waals surface area contributed by atoms with E-state index in [0.717, 1.165) is 24.3 Å². The van der Waals surface area contributed by atoms with Crippen molar-refractivity contribution >= 4 is 28.5 Å². The lowest BCUT2D eigenvalue weighted by Crippen LogP contribution is -2.36. The van der Waals surface area contributed by atoms with Crippen LogP contribution >= 0.6 is 11.6 Å².